The number of Topliss-reactive ketones (excluding diaryl/α,β-unsaturated/α-hetero) is 1. The van der Waals surface area contributed by atoms with Crippen molar-refractivity contribution in [2.24, 2.45) is 28.6 Å². The van der Waals surface area contributed by atoms with E-state index in [1.807, 2.05) is 6.92 Å². The highest BCUT2D eigenvalue weighted by Crippen LogP contribution is 2.71. The molecule has 4 N–H and O–H groups in total. The van der Waals surface area contributed by atoms with E-state index in [2.05, 4.69) is 10.2 Å². The number of nitrogens with zero attached hydrogens (tertiary/aromatic N) is 1. The lowest BCUT2D eigenvalue weighted by Crippen LogP contribution is -2.69. The van der Waals surface area contributed by atoms with E-state index >= 15 is 0 Å². The molecule has 0 bridgehead atoms. The van der Waals surface area contributed by atoms with Gasteiger partial charge in [-0.15, -0.1) is 21.7 Å². The molecule has 15 heteroatoms. The Morgan fingerprint density at radius 3 is 2.55 bits per heavy atom. The first-order valence-corrected chi connectivity index (χ1v) is 16.3. The number of ketones is 2. The molecule has 14 nitrogen and oxygen atoms in total. The third-order valence-electron chi connectivity index (χ3n) is 11.3. The summed E-state index contributed by atoms with van der Waals surface area (Å²) in [6.45, 7) is 4.42. The molecule has 0 spiro atoms. The van der Waals surface area contributed by atoms with Crippen LogP contribution in [0.15, 0.2) is 23.8 Å². The lowest BCUT2D eigenvalue weighted by molar-refractivity contribution is -0.757. The van der Waals surface area contributed by atoms with Crippen molar-refractivity contribution in [3.8, 4) is 0 Å². The van der Waals surface area contributed by atoms with Crippen LogP contribution in [0.4, 0.5) is 0 Å². The average Bonchev–Trinajstić information content (AvgIpc) is 3.19. The van der Waals surface area contributed by atoms with Crippen molar-refractivity contribution in [3.63, 3.8) is 0 Å². The number of carbonyl (C=O) groups is 5. The first kappa shape index (κ1) is 36.5. The van der Waals surface area contributed by atoms with Gasteiger partial charge in [-0.2, -0.15) is 0 Å². The fourth-order valence-electron chi connectivity index (χ4n) is 8.79. The Labute approximate surface area is 277 Å². The van der Waals surface area contributed by atoms with Crippen LogP contribution in [0.1, 0.15) is 78.6 Å². The predicted molar refractivity (Wildman–Crippen MR) is 164 cm³/mol. The van der Waals surface area contributed by atoms with Crippen molar-refractivity contribution < 1.29 is 54.0 Å². The third-order valence-corrected chi connectivity index (χ3v) is 12.2. The topological polar surface area (TPSA) is 220 Å². The van der Waals surface area contributed by atoms with Gasteiger partial charge in [0.1, 0.15) is 11.6 Å². The number of ether oxygens (including phenoxy) is 1. The van der Waals surface area contributed by atoms with Gasteiger partial charge in [-0.25, -0.2) is 4.79 Å². The number of fused-ring (bicyclic) bond motifs is 5. The summed E-state index contributed by atoms with van der Waals surface area (Å²) in [5, 5.41) is 44.8. The van der Waals surface area contributed by atoms with Gasteiger partial charge in [0.15, 0.2) is 12.4 Å². The van der Waals surface area contributed by atoms with Crippen LogP contribution in [0.5, 0.6) is 0 Å². The number of nitrogens with one attached hydrogen (secondary N) is 1. The number of rotatable bonds is 14. The average molecular weight is 683 g/mol. The summed E-state index contributed by atoms with van der Waals surface area (Å²) in [5.41, 5.74) is -3.08. The molecule has 2 unspecified atom stereocenters. The zero-order valence-electron chi connectivity index (χ0n) is 26.7. The fraction of sp³-hybridized carbons (Fsp3) is 0.719. The molecule has 260 valence electrons. The van der Waals surface area contributed by atoms with Crippen molar-refractivity contribution in [2.75, 3.05) is 13.2 Å². The molecule has 47 heavy (non-hydrogen) atoms. The number of alkyl halides is 1. The molecule has 0 radical (unpaired) electrons. The molecule has 0 saturated heterocycles. The van der Waals surface area contributed by atoms with Crippen LogP contribution in [0.25, 0.3) is 0 Å². The summed E-state index contributed by atoms with van der Waals surface area (Å²) >= 11 is 7.42. The summed E-state index contributed by atoms with van der Waals surface area (Å²) < 4.78 is 5.14. The SMILES string of the molecule is C[C@H]1C[C@H]2[C@@H]3CCC4=CC(=O)C=C[C@]4(C)[C@@]3(Cl)[C@@H](O)C[C@]2(C)C1(O)C(=O)COC(=O)CC(NC(=O)CCCCCO[N+](=O)[O-])C(=O)O. The Morgan fingerprint density at radius 2 is 1.89 bits per heavy atom. The number of hydrogen-bond donors (Lipinski definition) is 4. The van der Waals surface area contributed by atoms with E-state index in [1.165, 1.54) is 6.08 Å². The Morgan fingerprint density at radius 1 is 1.19 bits per heavy atom. The van der Waals surface area contributed by atoms with Crippen molar-refractivity contribution in [3.05, 3.63) is 33.9 Å². The number of carboxylic acids is 1. The van der Waals surface area contributed by atoms with E-state index in [4.69, 9.17) is 16.3 Å². The zero-order chi connectivity index (χ0) is 34.9. The fourth-order valence-corrected chi connectivity index (χ4v) is 9.31. The molecule has 4 rings (SSSR count). The maximum Gasteiger partial charge on any atom is 0.326 e. The van der Waals surface area contributed by atoms with E-state index in [1.54, 1.807) is 26.0 Å². The number of aliphatic hydroxyl groups is 2. The zero-order valence-corrected chi connectivity index (χ0v) is 27.5. The number of aliphatic hydroxyl groups excluding tert-OH is 1. The molecule has 4 aliphatic rings. The summed E-state index contributed by atoms with van der Waals surface area (Å²) in [6.07, 6.45) is 5.39. The molecule has 0 aromatic rings. The number of unbranched alkanes of at least 4 members (excludes halogenated alkanes) is 2. The minimum atomic E-state index is -1.99. The van der Waals surface area contributed by atoms with Gasteiger partial charge in [0.05, 0.1) is 24.0 Å². The second kappa shape index (κ2) is 13.6. The molecule has 4 aliphatic carbocycles. The molecular weight excluding hydrogens is 640 g/mol. The number of hydrogen-bond acceptors (Lipinski definition) is 11. The summed E-state index contributed by atoms with van der Waals surface area (Å²) in [5.74, 6) is -5.29. The standard InChI is InChI=1S/C32H43ClN2O12/c1-18-13-22-21-9-8-19-14-20(36)10-11-29(19,2)31(21,33)24(37)16-30(22,3)32(18,43)25(38)17-46-27(40)15-23(28(41)42)34-26(39)7-5-4-6-12-47-35(44)45/h10-11,14,18,21-24,37,43H,4-9,12-13,15-17H2,1-3H3,(H,34,39)(H,41,42)/t18-,21-,22-,23?,24-,29-,30-,31-,32?/m0/s1. The molecule has 9 atom stereocenters. The normalized spacial score (nSPS) is 36.2. The van der Waals surface area contributed by atoms with E-state index in [0.29, 0.717) is 38.5 Å². The number of aliphatic carboxylic acids is 1. The van der Waals surface area contributed by atoms with Crippen molar-refractivity contribution in [1.82, 2.24) is 5.32 Å². The Hall–Kier alpha value is -3.36. The second-order valence-electron chi connectivity index (χ2n) is 13.8. The van der Waals surface area contributed by atoms with Gasteiger partial charge in [0.2, 0.25) is 11.7 Å². The second-order valence-corrected chi connectivity index (χ2v) is 14.4. The lowest BCUT2D eigenvalue weighted by atomic mass is 9.45. The van der Waals surface area contributed by atoms with E-state index in [-0.39, 0.29) is 37.1 Å². The highest BCUT2D eigenvalue weighted by molar-refractivity contribution is 6.26. The van der Waals surface area contributed by atoms with Crippen molar-refractivity contribution in [1.29, 1.82) is 0 Å². The smallest absolute Gasteiger partial charge is 0.326 e. The molecule has 3 saturated carbocycles. The largest absolute Gasteiger partial charge is 0.480 e. The van der Waals surface area contributed by atoms with Gasteiger partial charge in [0.25, 0.3) is 5.09 Å². The van der Waals surface area contributed by atoms with Crippen LogP contribution in [0.2, 0.25) is 0 Å². The van der Waals surface area contributed by atoms with Crippen LogP contribution in [0, 0.1) is 38.7 Å². The van der Waals surface area contributed by atoms with Crippen molar-refractivity contribution >= 4 is 41.0 Å². The monoisotopic (exact) mass is 682 g/mol. The Bertz CT molecular complexity index is 1380. The molecule has 0 aromatic carbocycles. The van der Waals surface area contributed by atoms with Gasteiger partial charge in [0, 0.05) is 17.3 Å². The number of carbonyl (C=O) groups excluding carboxylic acids is 4. The third kappa shape index (κ3) is 6.43. The lowest BCUT2D eigenvalue weighted by Gasteiger charge is -2.63. The van der Waals surface area contributed by atoms with E-state index in [0.717, 1.165) is 5.57 Å². The highest BCUT2D eigenvalue weighted by atomic mass is 35.5. The van der Waals surface area contributed by atoms with Gasteiger partial charge >= 0.3 is 11.9 Å². The molecule has 0 heterocycles. The predicted octanol–water partition coefficient (Wildman–Crippen LogP) is 2.44. The first-order valence-electron chi connectivity index (χ1n) is 15.9. The Balaban J connectivity index is 1.38. The van der Waals surface area contributed by atoms with Gasteiger partial charge in [-0.1, -0.05) is 38.8 Å². The first-order chi connectivity index (χ1) is 21.9. The highest BCUT2D eigenvalue weighted by Gasteiger charge is 2.74. The summed E-state index contributed by atoms with van der Waals surface area (Å²) in [6, 6.07) is -1.63. The molecule has 0 aliphatic heterocycles. The summed E-state index contributed by atoms with van der Waals surface area (Å²) in [4.78, 5) is 75.6. The number of allylic oxidation sites excluding steroid dienone is 4. The maximum absolute atomic E-state index is 13.7. The molecule has 0 aromatic heterocycles. The van der Waals surface area contributed by atoms with Gasteiger partial charge in [-0.05, 0) is 68.4 Å². The maximum atomic E-state index is 13.7. The van der Waals surface area contributed by atoms with Crippen LogP contribution in [0.3, 0.4) is 0 Å². The van der Waals surface area contributed by atoms with E-state index < -0.39 is 81.1 Å². The number of halogens is 1. The van der Waals surface area contributed by atoms with E-state index in [9.17, 15) is 49.4 Å². The quantitative estimate of drug-likeness (QED) is 0.0682. The number of esters is 1. The Kier molecular flexibility index (Phi) is 10.6. The van der Waals surface area contributed by atoms with Crippen molar-refractivity contribution in [2.45, 2.75) is 101 Å². The molecule has 3 fully saturated rings. The number of carboxylic acid groups (broad SMARTS) is 1. The van der Waals surface area contributed by atoms with Crippen LogP contribution in [-0.4, -0.2) is 85.7 Å². The van der Waals surface area contributed by atoms with Crippen LogP contribution < -0.4 is 5.32 Å². The number of amides is 1. The molecular formula is C32H43ClN2O12. The van der Waals surface area contributed by atoms with Crippen LogP contribution >= 0.6 is 11.6 Å². The van der Waals surface area contributed by atoms with Crippen LogP contribution in [-0.2, 0) is 33.5 Å². The van der Waals surface area contributed by atoms with Gasteiger partial charge in [-0.3, -0.25) is 19.2 Å². The minimum absolute atomic E-state index is 0.0152. The minimum Gasteiger partial charge on any atom is -0.480 e. The molecule has 1 amide bonds. The summed E-state index contributed by atoms with van der Waals surface area (Å²) in [7, 11) is 0. The van der Waals surface area contributed by atoms with Gasteiger partial charge < -0.3 is 30.2 Å².